The van der Waals surface area contributed by atoms with Gasteiger partial charge in [-0.1, -0.05) is 30.3 Å². The average Bonchev–Trinajstić information content (AvgIpc) is 2.83. The fraction of sp³-hybridized carbons (Fsp3) is 0.280. The minimum atomic E-state index is -1.24. The number of phenolic OH excluding ortho intramolecular Hbond substituents is 1. The van der Waals surface area contributed by atoms with Crippen molar-refractivity contribution >= 4 is 17.9 Å². The molecule has 4 rings (SSSR count). The van der Waals surface area contributed by atoms with Gasteiger partial charge in [-0.15, -0.1) is 6.58 Å². The lowest BCUT2D eigenvalue weighted by atomic mass is 9.98. The first-order valence-corrected chi connectivity index (χ1v) is 11.1. The number of amides is 3. The second kappa shape index (κ2) is 9.87. The SMILES string of the molecule is C=CCN1CC(=O)N2C(Cc3ccc(O)cc3)C(=O)N(Cc3cccc(C#N)c3)CC2N1C(=O)O. The van der Waals surface area contributed by atoms with Gasteiger partial charge in [-0.25, -0.2) is 14.8 Å². The molecule has 0 aromatic heterocycles. The van der Waals surface area contributed by atoms with Gasteiger partial charge in [0, 0.05) is 19.5 Å². The molecule has 35 heavy (non-hydrogen) atoms. The van der Waals surface area contributed by atoms with E-state index in [9.17, 15) is 29.9 Å². The lowest BCUT2D eigenvalue weighted by Gasteiger charge is -2.54. The van der Waals surface area contributed by atoms with Crippen LogP contribution in [0.5, 0.6) is 5.75 Å². The maximum atomic E-state index is 13.7. The van der Waals surface area contributed by atoms with Crippen LogP contribution >= 0.6 is 0 Å². The van der Waals surface area contributed by atoms with Crippen molar-refractivity contribution < 1.29 is 24.6 Å². The first-order valence-electron chi connectivity index (χ1n) is 11.1. The number of benzene rings is 2. The van der Waals surface area contributed by atoms with Crippen LogP contribution in [0.2, 0.25) is 0 Å². The molecule has 2 aliphatic rings. The van der Waals surface area contributed by atoms with Gasteiger partial charge in [0.25, 0.3) is 0 Å². The van der Waals surface area contributed by atoms with E-state index in [0.29, 0.717) is 5.56 Å². The normalized spacial score (nSPS) is 20.4. The fourth-order valence-electron chi connectivity index (χ4n) is 4.64. The fourth-order valence-corrected chi connectivity index (χ4v) is 4.64. The molecule has 0 saturated carbocycles. The van der Waals surface area contributed by atoms with Gasteiger partial charge in [-0.3, -0.25) is 9.59 Å². The second-order valence-corrected chi connectivity index (χ2v) is 8.46. The summed E-state index contributed by atoms with van der Waals surface area (Å²) in [6, 6.07) is 14.3. The number of carboxylic acid groups (broad SMARTS) is 1. The van der Waals surface area contributed by atoms with Crippen LogP contribution < -0.4 is 0 Å². The number of aromatic hydroxyl groups is 1. The first kappa shape index (κ1) is 23.8. The number of carbonyl (C=O) groups excluding carboxylic acids is 2. The Hall–Kier alpha value is -4.36. The molecule has 2 aliphatic heterocycles. The molecule has 3 amide bonds. The largest absolute Gasteiger partial charge is 0.508 e. The van der Waals surface area contributed by atoms with Gasteiger partial charge in [-0.2, -0.15) is 5.26 Å². The number of rotatable bonds is 6. The lowest BCUT2D eigenvalue weighted by Crippen LogP contribution is -2.75. The summed E-state index contributed by atoms with van der Waals surface area (Å²) in [5.41, 5.74) is 1.89. The summed E-state index contributed by atoms with van der Waals surface area (Å²) >= 11 is 0. The third-order valence-electron chi connectivity index (χ3n) is 6.16. The molecule has 0 radical (unpaired) electrons. The molecule has 2 atom stereocenters. The number of nitrogens with zero attached hydrogens (tertiary/aromatic N) is 5. The number of hydrogen-bond donors (Lipinski definition) is 2. The minimum Gasteiger partial charge on any atom is -0.508 e. The van der Waals surface area contributed by atoms with Crippen LogP contribution in [0.15, 0.2) is 61.2 Å². The Bertz CT molecular complexity index is 1190. The van der Waals surface area contributed by atoms with Crippen LogP contribution in [0.3, 0.4) is 0 Å². The highest BCUT2D eigenvalue weighted by Gasteiger charge is 2.51. The van der Waals surface area contributed by atoms with Crippen molar-refractivity contribution in [1.29, 1.82) is 5.26 Å². The quantitative estimate of drug-likeness (QED) is 0.609. The zero-order valence-electron chi connectivity index (χ0n) is 18.9. The van der Waals surface area contributed by atoms with Gasteiger partial charge in [0.1, 0.15) is 18.0 Å². The number of hydrazine groups is 1. The summed E-state index contributed by atoms with van der Waals surface area (Å²) in [4.78, 5) is 42.1. The van der Waals surface area contributed by atoms with Crippen molar-refractivity contribution in [2.45, 2.75) is 25.2 Å². The topological polar surface area (TPSA) is 128 Å². The summed E-state index contributed by atoms with van der Waals surface area (Å²) in [6.07, 6.45) is -0.483. The van der Waals surface area contributed by atoms with Crippen LogP contribution in [0.1, 0.15) is 16.7 Å². The molecular formula is C25H25N5O5. The zero-order valence-corrected chi connectivity index (χ0v) is 18.9. The van der Waals surface area contributed by atoms with Crippen molar-refractivity contribution in [1.82, 2.24) is 19.8 Å². The smallest absolute Gasteiger partial charge is 0.424 e. The second-order valence-electron chi connectivity index (χ2n) is 8.46. The predicted molar refractivity (Wildman–Crippen MR) is 124 cm³/mol. The van der Waals surface area contributed by atoms with Crippen molar-refractivity contribution in [3.8, 4) is 11.8 Å². The summed E-state index contributed by atoms with van der Waals surface area (Å²) in [7, 11) is 0. The van der Waals surface area contributed by atoms with E-state index in [1.807, 2.05) is 0 Å². The molecule has 2 N–H and O–H groups in total. The van der Waals surface area contributed by atoms with Crippen molar-refractivity contribution in [2.24, 2.45) is 0 Å². The van der Waals surface area contributed by atoms with Gasteiger partial charge < -0.3 is 20.0 Å². The van der Waals surface area contributed by atoms with E-state index in [1.165, 1.54) is 33.0 Å². The molecule has 0 bridgehead atoms. The highest BCUT2D eigenvalue weighted by Crippen LogP contribution is 2.29. The number of piperazine rings is 1. The third-order valence-corrected chi connectivity index (χ3v) is 6.16. The standard InChI is InChI=1S/C25H25N5O5/c1-2-10-28-16-23(32)29-21(12-17-6-8-20(31)9-7-17)24(33)27(15-22(29)30(28)25(34)35)14-19-5-3-4-18(11-19)13-26/h2-9,11,21-22,31H,1,10,12,14-16H2,(H,34,35). The van der Waals surface area contributed by atoms with Crippen LogP contribution in [-0.2, 0) is 22.6 Å². The van der Waals surface area contributed by atoms with E-state index in [-0.39, 0.29) is 50.2 Å². The Morgan fingerprint density at radius 2 is 1.91 bits per heavy atom. The molecule has 2 fully saturated rings. The molecule has 180 valence electrons. The van der Waals surface area contributed by atoms with E-state index < -0.39 is 18.3 Å². The summed E-state index contributed by atoms with van der Waals surface area (Å²) in [6.45, 7) is 3.76. The Balaban J connectivity index is 1.72. The van der Waals surface area contributed by atoms with E-state index in [1.54, 1.807) is 36.4 Å². The number of nitriles is 1. The van der Waals surface area contributed by atoms with Crippen LogP contribution in [-0.4, -0.2) is 79.8 Å². The zero-order chi connectivity index (χ0) is 25.1. The molecule has 2 aromatic carbocycles. The van der Waals surface area contributed by atoms with Crippen molar-refractivity contribution in [3.05, 3.63) is 77.9 Å². The minimum absolute atomic E-state index is 0.0205. The number of phenols is 1. The van der Waals surface area contributed by atoms with E-state index in [2.05, 4.69) is 12.6 Å². The molecule has 2 saturated heterocycles. The van der Waals surface area contributed by atoms with Crippen molar-refractivity contribution in [2.75, 3.05) is 19.6 Å². The Morgan fingerprint density at radius 3 is 2.57 bits per heavy atom. The van der Waals surface area contributed by atoms with Crippen LogP contribution in [0.4, 0.5) is 4.79 Å². The van der Waals surface area contributed by atoms with Crippen LogP contribution in [0.25, 0.3) is 0 Å². The highest BCUT2D eigenvalue weighted by molar-refractivity contribution is 5.91. The van der Waals surface area contributed by atoms with E-state index in [0.717, 1.165) is 16.1 Å². The number of fused-ring (bicyclic) bond motifs is 1. The molecule has 2 heterocycles. The molecule has 10 nitrogen and oxygen atoms in total. The maximum absolute atomic E-state index is 13.7. The molecule has 10 heteroatoms. The van der Waals surface area contributed by atoms with Gasteiger partial charge in [-0.05, 0) is 35.4 Å². The van der Waals surface area contributed by atoms with Gasteiger partial charge in [0.05, 0.1) is 24.7 Å². The molecule has 2 unspecified atom stereocenters. The van der Waals surface area contributed by atoms with Crippen LogP contribution in [0, 0.1) is 11.3 Å². The average molecular weight is 476 g/mol. The third kappa shape index (κ3) is 4.81. The summed E-state index contributed by atoms with van der Waals surface area (Å²) < 4.78 is 0. The number of carbonyl (C=O) groups is 3. The van der Waals surface area contributed by atoms with E-state index >= 15 is 0 Å². The predicted octanol–water partition coefficient (Wildman–Crippen LogP) is 1.77. The Labute approximate surface area is 202 Å². The maximum Gasteiger partial charge on any atom is 0.424 e. The molecule has 2 aromatic rings. The molecule has 0 aliphatic carbocycles. The van der Waals surface area contributed by atoms with Gasteiger partial charge >= 0.3 is 6.09 Å². The Morgan fingerprint density at radius 1 is 1.17 bits per heavy atom. The molecular weight excluding hydrogens is 450 g/mol. The Kier molecular flexibility index (Phi) is 6.71. The van der Waals surface area contributed by atoms with E-state index in [4.69, 9.17) is 0 Å². The van der Waals surface area contributed by atoms with Gasteiger partial charge in [0.2, 0.25) is 11.8 Å². The first-order chi connectivity index (χ1) is 16.8. The summed E-state index contributed by atoms with van der Waals surface area (Å²) in [5.74, 6) is -0.586. The molecule has 0 spiro atoms. The van der Waals surface area contributed by atoms with Gasteiger partial charge in [0.15, 0.2) is 0 Å². The summed E-state index contributed by atoms with van der Waals surface area (Å²) in [5, 5.41) is 31.4. The van der Waals surface area contributed by atoms with Crippen molar-refractivity contribution in [3.63, 3.8) is 0 Å². The number of hydrogen-bond acceptors (Lipinski definition) is 6. The lowest BCUT2D eigenvalue weighted by molar-refractivity contribution is -0.192. The monoisotopic (exact) mass is 475 g/mol. The highest BCUT2D eigenvalue weighted by atomic mass is 16.4.